The number of rotatable bonds is 7. The molecule has 2 rings (SSSR count). The molecule has 0 fully saturated rings. The highest BCUT2D eigenvalue weighted by molar-refractivity contribution is 6.31. The molecular weight excluding hydrogens is 354 g/mol. The summed E-state index contributed by atoms with van der Waals surface area (Å²) in [7, 11) is 3.21. The van der Waals surface area contributed by atoms with Crippen LogP contribution in [0.2, 0.25) is 5.02 Å². The molecule has 1 unspecified atom stereocenters. The van der Waals surface area contributed by atoms with Crippen molar-refractivity contribution in [2.75, 3.05) is 7.11 Å². The van der Waals surface area contributed by atoms with Gasteiger partial charge in [-0.3, -0.25) is 14.3 Å². The number of aryl methyl sites for hydroxylation is 2. The fraction of sp³-hybridized carbons (Fsp3) is 0.421. The summed E-state index contributed by atoms with van der Waals surface area (Å²) in [5.74, 6) is -0.560. The Morgan fingerprint density at radius 1 is 1.31 bits per heavy atom. The Balaban J connectivity index is 2.08. The van der Waals surface area contributed by atoms with E-state index >= 15 is 0 Å². The third-order valence-corrected chi connectivity index (χ3v) is 4.82. The molecule has 140 valence electrons. The van der Waals surface area contributed by atoms with Crippen molar-refractivity contribution in [2.45, 2.75) is 39.2 Å². The van der Waals surface area contributed by atoms with Gasteiger partial charge in [-0.25, -0.2) is 0 Å². The monoisotopic (exact) mass is 377 g/mol. The van der Waals surface area contributed by atoms with Crippen molar-refractivity contribution in [1.82, 2.24) is 15.1 Å². The first-order valence-electron chi connectivity index (χ1n) is 8.43. The molecule has 1 amide bonds. The van der Waals surface area contributed by atoms with Crippen LogP contribution in [-0.4, -0.2) is 28.8 Å². The molecule has 2 aromatic rings. The Bertz CT molecular complexity index is 801. The first-order valence-corrected chi connectivity index (χ1v) is 8.81. The van der Waals surface area contributed by atoms with Crippen LogP contribution in [0, 0.1) is 13.8 Å². The number of nitrogens with one attached hydrogen (secondary N) is 1. The van der Waals surface area contributed by atoms with Gasteiger partial charge in [0, 0.05) is 24.2 Å². The Morgan fingerprint density at radius 3 is 2.58 bits per heavy atom. The van der Waals surface area contributed by atoms with Gasteiger partial charge in [-0.15, -0.1) is 0 Å². The molecule has 6 nitrogen and oxygen atoms in total. The van der Waals surface area contributed by atoms with E-state index < -0.39 is 12.0 Å². The zero-order chi connectivity index (χ0) is 19.3. The number of hydrogen-bond donors (Lipinski definition) is 1. The van der Waals surface area contributed by atoms with Crippen LogP contribution in [0.1, 0.15) is 41.4 Å². The van der Waals surface area contributed by atoms with Gasteiger partial charge in [0.05, 0.1) is 25.3 Å². The maximum Gasteiger partial charge on any atom is 0.307 e. The predicted octanol–water partition coefficient (Wildman–Crippen LogP) is 3.04. The first kappa shape index (κ1) is 20.0. The van der Waals surface area contributed by atoms with E-state index in [1.54, 1.807) is 18.2 Å². The Labute approximate surface area is 158 Å². The second kappa shape index (κ2) is 8.85. The molecule has 1 aromatic heterocycles. The van der Waals surface area contributed by atoms with Crippen LogP contribution in [-0.2, 0) is 27.8 Å². The smallest absolute Gasteiger partial charge is 0.307 e. The summed E-state index contributed by atoms with van der Waals surface area (Å²) in [4.78, 5) is 24.2. The fourth-order valence-electron chi connectivity index (χ4n) is 2.93. The SMILES string of the molecule is COC(=O)CC(NC(=O)CCc1c(C)nn(C)c1C)c1ccccc1Cl. The van der Waals surface area contributed by atoms with Gasteiger partial charge in [0.25, 0.3) is 0 Å². The average Bonchev–Trinajstić information content (AvgIpc) is 2.85. The summed E-state index contributed by atoms with van der Waals surface area (Å²) in [6, 6.07) is 6.62. The molecule has 26 heavy (non-hydrogen) atoms. The quantitative estimate of drug-likeness (QED) is 0.752. The second-order valence-corrected chi connectivity index (χ2v) is 6.60. The van der Waals surface area contributed by atoms with Crippen LogP contribution in [0.25, 0.3) is 0 Å². The van der Waals surface area contributed by atoms with Crippen LogP contribution in [0.5, 0.6) is 0 Å². The molecule has 0 bridgehead atoms. The number of carbonyl (C=O) groups is 2. The molecule has 1 heterocycles. The van der Waals surface area contributed by atoms with E-state index in [-0.39, 0.29) is 12.3 Å². The van der Waals surface area contributed by atoms with Crippen molar-refractivity contribution in [3.05, 3.63) is 51.8 Å². The van der Waals surface area contributed by atoms with E-state index in [9.17, 15) is 9.59 Å². The van der Waals surface area contributed by atoms with E-state index in [2.05, 4.69) is 10.4 Å². The first-order chi connectivity index (χ1) is 12.3. The maximum atomic E-state index is 12.5. The van der Waals surface area contributed by atoms with Crippen LogP contribution in [0.15, 0.2) is 24.3 Å². The van der Waals surface area contributed by atoms with Gasteiger partial charge in [-0.05, 0) is 37.5 Å². The summed E-state index contributed by atoms with van der Waals surface area (Å²) in [6.45, 7) is 3.92. The van der Waals surface area contributed by atoms with Crippen molar-refractivity contribution in [1.29, 1.82) is 0 Å². The van der Waals surface area contributed by atoms with Crippen molar-refractivity contribution >= 4 is 23.5 Å². The van der Waals surface area contributed by atoms with Crippen molar-refractivity contribution in [3.8, 4) is 0 Å². The van der Waals surface area contributed by atoms with Gasteiger partial charge >= 0.3 is 5.97 Å². The Hall–Kier alpha value is -2.34. The van der Waals surface area contributed by atoms with E-state index in [4.69, 9.17) is 16.3 Å². The molecule has 1 aromatic carbocycles. The number of ether oxygens (including phenoxy) is 1. The molecule has 7 heteroatoms. The standard InChI is InChI=1S/C19H24ClN3O3/c1-12-14(13(2)23(3)22-12)9-10-18(24)21-17(11-19(25)26-4)15-7-5-6-8-16(15)20/h5-8,17H,9-11H2,1-4H3,(H,21,24). The largest absolute Gasteiger partial charge is 0.469 e. The summed E-state index contributed by atoms with van der Waals surface area (Å²) in [5, 5.41) is 7.77. The average molecular weight is 378 g/mol. The molecular formula is C19H24ClN3O3. The van der Waals surface area contributed by atoms with E-state index in [1.165, 1.54) is 7.11 Å². The third-order valence-electron chi connectivity index (χ3n) is 4.48. The lowest BCUT2D eigenvalue weighted by atomic mass is 10.0. The number of benzene rings is 1. The van der Waals surface area contributed by atoms with Gasteiger partial charge < -0.3 is 10.1 Å². The number of nitrogens with zero attached hydrogens (tertiary/aromatic N) is 2. The van der Waals surface area contributed by atoms with Gasteiger partial charge in [0.1, 0.15) is 0 Å². The number of aromatic nitrogens is 2. The number of hydrogen-bond acceptors (Lipinski definition) is 4. The van der Waals surface area contributed by atoms with Crippen LogP contribution in [0.4, 0.5) is 0 Å². The lowest BCUT2D eigenvalue weighted by Gasteiger charge is -2.19. The summed E-state index contributed by atoms with van der Waals surface area (Å²) < 4.78 is 6.55. The zero-order valence-corrected chi connectivity index (χ0v) is 16.3. The molecule has 0 aliphatic carbocycles. The maximum absolute atomic E-state index is 12.5. The highest BCUT2D eigenvalue weighted by Crippen LogP contribution is 2.25. The molecule has 1 atom stereocenters. The molecule has 0 saturated heterocycles. The molecule has 0 radical (unpaired) electrons. The third kappa shape index (κ3) is 4.85. The molecule has 0 aliphatic heterocycles. The van der Waals surface area contributed by atoms with E-state index in [1.807, 2.05) is 31.6 Å². The zero-order valence-electron chi connectivity index (χ0n) is 15.5. The van der Waals surface area contributed by atoms with Gasteiger partial charge in [-0.2, -0.15) is 5.10 Å². The number of halogens is 1. The number of methoxy groups -OCH3 is 1. The number of carbonyl (C=O) groups excluding carboxylic acids is 2. The lowest BCUT2D eigenvalue weighted by Crippen LogP contribution is -2.31. The van der Waals surface area contributed by atoms with Gasteiger partial charge in [0.2, 0.25) is 5.91 Å². The second-order valence-electron chi connectivity index (χ2n) is 6.19. The molecule has 0 aliphatic rings. The number of esters is 1. The van der Waals surface area contributed by atoms with Crippen LogP contribution in [0.3, 0.4) is 0 Å². The van der Waals surface area contributed by atoms with Crippen LogP contribution < -0.4 is 5.32 Å². The molecule has 0 saturated carbocycles. The lowest BCUT2D eigenvalue weighted by molar-refractivity contribution is -0.141. The minimum atomic E-state index is -0.528. The highest BCUT2D eigenvalue weighted by atomic mass is 35.5. The van der Waals surface area contributed by atoms with Crippen LogP contribution >= 0.6 is 11.6 Å². The summed E-state index contributed by atoms with van der Waals surface area (Å²) >= 11 is 6.23. The van der Waals surface area contributed by atoms with Crippen molar-refractivity contribution < 1.29 is 14.3 Å². The molecule has 0 spiro atoms. The minimum Gasteiger partial charge on any atom is -0.469 e. The Morgan fingerprint density at radius 2 is 2.00 bits per heavy atom. The summed E-state index contributed by atoms with van der Waals surface area (Å²) in [6.07, 6.45) is 0.914. The predicted molar refractivity (Wildman–Crippen MR) is 100.0 cm³/mol. The normalized spacial score (nSPS) is 11.9. The minimum absolute atomic E-state index is 0.0247. The summed E-state index contributed by atoms with van der Waals surface area (Å²) in [5.41, 5.74) is 3.74. The van der Waals surface area contributed by atoms with E-state index in [0.717, 1.165) is 17.0 Å². The Kier molecular flexibility index (Phi) is 6.80. The topological polar surface area (TPSA) is 73.2 Å². The fourth-order valence-corrected chi connectivity index (χ4v) is 3.20. The van der Waals surface area contributed by atoms with Crippen molar-refractivity contribution in [3.63, 3.8) is 0 Å². The molecule has 1 N–H and O–H groups in total. The highest BCUT2D eigenvalue weighted by Gasteiger charge is 2.21. The number of amides is 1. The van der Waals surface area contributed by atoms with Gasteiger partial charge in [-0.1, -0.05) is 29.8 Å². The van der Waals surface area contributed by atoms with Gasteiger partial charge in [0.15, 0.2) is 0 Å². The van der Waals surface area contributed by atoms with E-state index in [0.29, 0.717) is 23.4 Å². The van der Waals surface area contributed by atoms with Crippen molar-refractivity contribution in [2.24, 2.45) is 7.05 Å².